The number of nitrogens with two attached hydrogens (primary N) is 1. The maximum Gasteiger partial charge on any atom is 0.240 e. The van der Waals surface area contributed by atoms with Crippen LogP contribution in [0.1, 0.15) is 25.3 Å². The first-order valence-electron chi connectivity index (χ1n) is 6.78. The van der Waals surface area contributed by atoms with E-state index in [4.69, 9.17) is 5.73 Å². The lowest BCUT2D eigenvalue weighted by Crippen LogP contribution is -2.56. The summed E-state index contributed by atoms with van der Waals surface area (Å²) in [4.78, 5) is 12.2. The Morgan fingerprint density at radius 1 is 1.47 bits per heavy atom. The van der Waals surface area contributed by atoms with Gasteiger partial charge in [-0.15, -0.1) is 0 Å². The van der Waals surface area contributed by atoms with Gasteiger partial charge in [0.2, 0.25) is 5.91 Å². The quantitative estimate of drug-likeness (QED) is 0.711. The number of rotatable bonds is 6. The molecule has 0 spiro atoms. The predicted octanol–water partition coefficient (Wildman–Crippen LogP) is 0.834. The third-order valence-electron chi connectivity index (χ3n) is 3.80. The van der Waals surface area contributed by atoms with Crippen LogP contribution in [0.5, 0.6) is 0 Å². The number of hydrogen-bond donors (Lipinski definition) is 3. The molecule has 1 fully saturated rings. The molecule has 1 unspecified atom stereocenters. The first-order chi connectivity index (χ1) is 9.04. The summed E-state index contributed by atoms with van der Waals surface area (Å²) >= 11 is 0. The summed E-state index contributed by atoms with van der Waals surface area (Å²) in [6.45, 7) is 1.69. The van der Waals surface area contributed by atoms with Gasteiger partial charge in [-0.3, -0.25) is 4.79 Å². The molecule has 1 saturated carbocycles. The number of aliphatic hydroxyl groups is 1. The van der Waals surface area contributed by atoms with E-state index >= 15 is 0 Å². The topological polar surface area (TPSA) is 75.4 Å². The Bertz CT molecular complexity index is 427. The molecule has 104 valence electrons. The van der Waals surface area contributed by atoms with Gasteiger partial charge in [0.25, 0.3) is 0 Å². The fraction of sp³-hybridized carbons (Fsp3) is 0.533. The fourth-order valence-electron chi connectivity index (χ4n) is 2.27. The van der Waals surface area contributed by atoms with Crippen LogP contribution >= 0.6 is 0 Å². The summed E-state index contributed by atoms with van der Waals surface area (Å²) in [5.74, 6) is 0.119. The molecule has 4 N–H and O–H groups in total. The minimum atomic E-state index is -0.815. The van der Waals surface area contributed by atoms with Crippen molar-refractivity contribution in [2.24, 2.45) is 11.7 Å². The van der Waals surface area contributed by atoms with Gasteiger partial charge in [0.1, 0.15) is 0 Å². The summed E-state index contributed by atoms with van der Waals surface area (Å²) < 4.78 is 0. The van der Waals surface area contributed by atoms with E-state index in [1.54, 1.807) is 6.92 Å². The molecule has 1 amide bonds. The number of nitrogens with one attached hydrogen (secondary N) is 1. The molecule has 0 radical (unpaired) electrons. The molecule has 4 nitrogen and oxygen atoms in total. The highest BCUT2D eigenvalue weighted by Gasteiger charge is 2.44. The van der Waals surface area contributed by atoms with Crippen LogP contribution in [0, 0.1) is 5.92 Å². The van der Waals surface area contributed by atoms with Gasteiger partial charge in [0.05, 0.1) is 18.2 Å². The number of hydrogen-bond acceptors (Lipinski definition) is 3. The standard InChI is InChI=1S/C15H22N2O2/c1-15(16,12-7-8-12)14(19)17-13(10-18)9-11-5-3-2-4-6-11/h2-6,12-13,18H,7-10,16H2,1H3,(H,17,19)/t13-,15?/m1/s1. The predicted molar refractivity (Wildman–Crippen MR) is 74.5 cm³/mol. The Hall–Kier alpha value is -1.39. The second kappa shape index (κ2) is 5.72. The van der Waals surface area contributed by atoms with E-state index < -0.39 is 5.54 Å². The average molecular weight is 262 g/mol. The first-order valence-corrected chi connectivity index (χ1v) is 6.78. The molecule has 1 aromatic carbocycles. The summed E-state index contributed by atoms with van der Waals surface area (Å²) in [6.07, 6.45) is 2.65. The van der Waals surface area contributed by atoms with Crippen molar-refractivity contribution in [1.29, 1.82) is 0 Å². The van der Waals surface area contributed by atoms with Crippen molar-refractivity contribution in [2.45, 2.75) is 37.8 Å². The van der Waals surface area contributed by atoms with E-state index in [-0.39, 0.29) is 24.5 Å². The van der Waals surface area contributed by atoms with Crippen LogP contribution in [0.2, 0.25) is 0 Å². The van der Waals surface area contributed by atoms with E-state index in [1.165, 1.54) is 0 Å². The fourth-order valence-corrected chi connectivity index (χ4v) is 2.27. The SMILES string of the molecule is CC(N)(C(=O)N[C@@H](CO)Cc1ccccc1)C1CC1. The van der Waals surface area contributed by atoms with Gasteiger partial charge in [-0.05, 0) is 37.7 Å². The largest absolute Gasteiger partial charge is 0.394 e. The van der Waals surface area contributed by atoms with Gasteiger partial charge in [0.15, 0.2) is 0 Å². The molecule has 1 aromatic rings. The van der Waals surface area contributed by atoms with Crippen molar-refractivity contribution in [2.75, 3.05) is 6.61 Å². The summed E-state index contributed by atoms with van der Waals surface area (Å²) in [7, 11) is 0. The number of amides is 1. The third-order valence-corrected chi connectivity index (χ3v) is 3.80. The Morgan fingerprint density at radius 2 is 2.11 bits per heavy atom. The molecule has 2 rings (SSSR count). The molecule has 4 heteroatoms. The van der Waals surface area contributed by atoms with Crippen molar-refractivity contribution in [3.05, 3.63) is 35.9 Å². The average Bonchev–Trinajstić information content (AvgIpc) is 3.23. The van der Waals surface area contributed by atoms with Crippen molar-refractivity contribution in [1.82, 2.24) is 5.32 Å². The zero-order chi connectivity index (χ0) is 13.9. The zero-order valence-electron chi connectivity index (χ0n) is 11.3. The van der Waals surface area contributed by atoms with Crippen LogP contribution in [0.3, 0.4) is 0 Å². The molecule has 0 saturated heterocycles. The lowest BCUT2D eigenvalue weighted by atomic mass is 9.95. The van der Waals surface area contributed by atoms with Gasteiger partial charge in [-0.1, -0.05) is 30.3 Å². The summed E-state index contributed by atoms with van der Waals surface area (Å²) in [5, 5.41) is 12.3. The number of benzene rings is 1. The van der Waals surface area contributed by atoms with Crippen LogP contribution < -0.4 is 11.1 Å². The van der Waals surface area contributed by atoms with Gasteiger partial charge in [0, 0.05) is 0 Å². The number of carbonyl (C=O) groups is 1. The van der Waals surface area contributed by atoms with Crippen LogP contribution in [0.25, 0.3) is 0 Å². The number of aliphatic hydroxyl groups excluding tert-OH is 1. The van der Waals surface area contributed by atoms with E-state index in [1.807, 2.05) is 30.3 Å². The Labute approximate surface area is 114 Å². The molecule has 19 heavy (non-hydrogen) atoms. The minimum Gasteiger partial charge on any atom is -0.394 e. The molecule has 0 bridgehead atoms. The van der Waals surface area contributed by atoms with Crippen molar-refractivity contribution >= 4 is 5.91 Å². The van der Waals surface area contributed by atoms with E-state index in [9.17, 15) is 9.90 Å². The molecule has 0 aliphatic heterocycles. The van der Waals surface area contributed by atoms with Crippen LogP contribution in [0.4, 0.5) is 0 Å². The lowest BCUT2D eigenvalue weighted by Gasteiger charge is -2.26. The van der Waals surface area contributed by atoms with Gasteiger partial charge < -0.3 is 16.2 Å². The van der Waals surface area contributed by atoms with Gasteiger partial charge in [-0.25, -0.2) is 0 Å². The highest BCUT2D eigenvalue weighted by molar-refractivity contribution is 5.86. The van der Waals surface area contributed by atoms with E-state index in [0.717, 1.165) is 18.4 Å². The second-order valence-electron chi connectivity index (χ2n) is 5.60. The minimum absolute atomic E-state index is 0.0820. The van der Waals surface area contributed by atoms with Gasteiger partial charge >= 0.3 is 0 Å². The van der Waals surface area contributed by atoms with Crippen LogP contribution in [-0.4, -0.2) is 29.2 Å². The van der Waals surface area contributed by atoms with Crippen LogP contribution in [-0.2, 0) is 11.2 Å². The Kier molecular flexibility index (Phi) is 4.22. The first kappa shape index (κ1) is 14.0. The maximum atomic E-state index is 12.2. The molecule has 1 aliphatic carbocycles. The highest BCUT2D eigenvalue weighted by atomic mass is 16.3. The normalized spacial score (nSPS) is 19.5. The highest BCUT2D eigenvalue weighted by Crippen LogP contribution is 2.38. The molecule has 0 aromatic heterocycles. The van der Waals surface area contributed by atoms with E-state index in [0.29, 0.717) is 6.42 Å². The zero-order valence-corrected chi connectivity index (χ0v) is 11.3. The van der Waals surface area contributed by atoms with Crippen molar-refractivity contribution in [3.8, 4) is 0 Å². The molecule has 1 aliphatic rings. The monoisotopic (exact) mass is 262 g/mol. The van der Waals surface area contributed by atoms with E-state index in [2.05, 4.69) is 5.32 Å². The smallest absolute Gasteiger partial charge is 0.240 e. The molecule has 2 atom stereocenters. The summed E-state index contributed by atoms with van der Waals surface area (Å²) in [6, 6.07) is 9.53. The maximum absolute atomic E-state index is 12.2. The van der Waals surface area contributed by atoms with Crippen molar-refractivity contribution in [3.63, 3.8) is 0 Å². The third kappa shape index (κ3) is 3.55. The van der Waals surface area contributed by atoms with Gasteiger partial charge in [-0.2, -0.15) is 0 Å². The molecule has 0 heterocycles. The second-order valence-corrected chi connectivity index (χ2v) is 5.60. The number of carbonyl (C=O) groups excluding carboxylic acids is 1. The Morgan fingerprint density at radius 3 is 2.63 bits per heavy atom. The Balaban J connectivity index is 1.93. The van der Waals surface area contributed by atoms with Crippen LogP contribution in [0.15, 0.2) is 30.3 Å². The lowest BCUT2D eigenvalue weighted by molar-refractivity contribution is -0.127. The van der Waals surface area contributed by atoms with Crippen molar-refractivity contribution < 1.29 is 9.90 Å². The molecular weight excluding hydrogens is 240 g/mol. The summed E-state index contributed by atoms with van der Waals surface area (Å²) in [5.41, 5.74) is 6.34. The molecular formula is C15H22N2O2.